The zero-order valence-electron chi connectivity index (χ0n) is 12.8. The first-order valence-electron chi connectivity index (χ1n) is 7.65. The molecule has 0 radical (unpaired) electrons. The van der Waals surface area contributed by atoms with Crippen LogP contribution < -0.4 is 5.32 Å². The molecule has 0 heterocycles. The molecule has 0 aromatic heterocycles. The van der Waals surface area contributed by atoms with Gasteiger partial charge in [0, 0.05) is 12.6 Å². The fraction of sp³-hybridized carbons (Fsp3) is 1.00. The molecule has 0 saturated heterocycles. The van der Waals surface area contributed by atoms with Gasteiger partial charge in [0.05, 0.1) is 0 Å². The molecule has 0 aromatic rings. The quantitative estimate of drug-likeness (QED) is 0.717. The van der Waals surface area contributed by atoms with Gasteiger partial charge in [-0.3, -0.25) is 0 Å². The number of halogens is 3. The summed E-state index contributed by atoms with van der Waals surface area (Å²) >= 11 is 0. The fourth-order valence-corrected chi connectivity index (χ4v) is 3.24. The normalized spacial score (nSPS) is 28.1. The Morgan fingerprint density at radius 2 is 1.95 bits per heavy atom. The van der Waals surface area contributed by atoms with Gasteiger partial charge in [-0.15, -0.1) is 0 Å². The van der Waals surface area contributed by atoms with Gasteiger partial charge in [-0.25, -0.2) is 0 Å². The van der Waals surface area contributed by atoms with E-state index in [-0.39, 0.29) is 6.61 Å². The van der Waals surface area contributed by atoms with E-state index < -0.39 is 12.8 Å². The average molecular weight is 295 g/mol. The van der Waals surface area contributed by atoms with Crippen molar-refractivity contribution in [2.75, 3.05) is 20.3 Å². The van der Waals surface area contributed by atoms with E-state index in [1.54, 1.807) is 0 Å². The van der Waals surface area contributed by atoms with E-state index in [0.717, 1.165) is 12.3 Å². The Morgan fingerprint density at radius 3 is 2.50 bits per heavy atom. The van der Waals surface area contributed by atoms with Crippen molar-refractivity contribution in [1.82, 2.24) is 5.32 Å². The second-order valence-electron chi connectivity index (χ2n) is 6.28. The lowest BCUT2D eigenvalue weighted by Crippen LogP contribution is -2.39. The van der Waals surface area contributed by atoms with Crippen molar-refractivity contribution in [3.63, 3.8) is 0 Å². The number of hydrogen-bond donors (Lipinski definition) is 1. The van der Waals surface area contributed by atoms with Crippen LogP contribution in [0, 0.1) is 17.8 Å². The Kier molecular flexibility index (Phi) is 7.30. The molecular formula is C15H28F3NO. The molecule has 0 bridgehead atoms. The Balaban J connectivity index is 2.28. The first-order chi connectivity index (χ1) is 9.33. The van der Waals surface area contributed by atoms with Gasteiger partial charge in [-0.05, 0) is 56.9 Å². The van der Waals surface area contributed by atoms with Crippen LogP contribution in [0.25, 0.3) is 0 Å². The van der Waals surface area contributed by atoms with Gasteiger partial charge in [0.15, 0.2) is 0 Å². The van der Waals surface area contributed by atoms with Crippen molar-refractivity contribution in [3.8, 4) is 0 Å². The molecule has 1 aliphatic carbocycles. The van der Waals surface area contributed by atoms with E-state index in [1.807, 2.05) is 7.05 Å². The summed E-state index contributed by atoms with van der Waals surface area (Å²) in [5.41, 5.74) is 0. The summed E-state index contributed by atoms with van der Waals surface area (Å²) in [6.07, 6.45) is 1.07. The number of ether oxygens (including phenoxy) is 1. The summed E-state index contributed by atoms with van der Waals surface area (Å²) < 4.78 is 40.6. The largest absolute Gasteiger partial charge is 0.411 e. The molecule has 3 unspecified atom stereocenters. The number of alkyl halides is 3. The molecule has 1 N–H and O–H groups in total. The molecule has 3 atom stereocenters. The van der Waals surface area contributed by atoms with E-state index in [0.29, 0.717) is 24.3 Å². The summed E-state index contributed by atoms with van der Waals surface area (Å²) in [6, 6.07) is 0.507. The van der Waals surface area contributed by atoms with Crippen LogP contribution in [0.15, 0.2) is 0 Å². The molecule has 1 rings (SSSR count). The van der Waals surface area contributed by atoms with Crippen LogP contribution in [0.2, 0.25) is 0 Å². The summed E-state index contributed by atoms with van der Waals surface area (Å²) in [5, 5.41) is 3.36. The maximum absolute atomic E-state index is 12.0. The summed E-state index contributed by atoms with van der Waals surface area (Å²) in [6.45, 7) is 3.60. The third-order valence-corrected chi connectivity index (χ3v) is 4.47. The Morgan fingerprint density at radius 1 is 1.25 bits per heavy atom. The molecule has 5 heteroatoms. The van der Waals surface area contributed by atoms with Gasteiger partial charge in [0.2, 0.25) is 0 Å². The highest BCUT2D eigenvalue weighted by atomic mass is 19.4. The van der Waals surface area contributed by atoms with Crippen molar-refractivity contribution in [2.45, 2.75) is 58.2 Å². The predicted molar refractivity (Wildman–Crippen MR) is 74.6 cm³/mol. The van der Waals surface area contributed by atoms with E-state index in [4.69, 9.17) is 0 Å². The van der Waals surface area contributed by atoms with Gasteiger partial charge < -0.3 is 10.1 Å². The third-order valence-electron chi connectivity index (χ3n) is 4.47. The lowest BCUT2D eigenvalue weighted by atomic mass is 9.72. The van der Waals surface area contributed by atoms with Crippen LogP contribution in [-0.4, -0.2) is 32.5 Å². The second-order valence-corrected chi connectivity index (χ2v) is 6.28. The van der Waals surface area contributed by atoms with Crippen LogP contribution in [0.1, 0.15) is 46.0 Å². The molecule has 20 heavy (non-hydrogen) atoms. The minimum absolute atomic E-state index is 0.207. The number of hydrogen-bond acceptors (Lipinski definition) is 2. The third kappa shape index (κ3) is 6.44. The first kappa shape index (κ1) is 17.8. The smallest absolute Gasteiger partial charge is 0.372 e. The van der Waals surface area contributed by atoms with Crippen LogP contribution in [-0.2, 0) is 4.74 Å². The molecule has 120 valence electrons. The standard InChI is InChI=1S/C15H28F3NO/c1-11(2)12-6-7-14(19-3)13(9-12)5-4-8-20-10-15(16,17)18/h11-14,19H,4-10H2,1-3H3. The summed E-state index contributed by atoms with van der Waals surface area (Å²) in [4.78, 5) is 0. The maximum Gasteiger partial charge on any atom is 0.411 e. The number of rotatable bonds is 7. The number of nitrogens with one attached hydrogen (secondary N) is 1. The Hall–Kier alpha value is -0.290. The zero-order valence-corrected chi connectivity index (χ0v) is 12.8. The topological polar surface area (TPSA) is 21.3 Å². The molecule has 1 fully saturated rings. The van der Waals surface area contributed by atoms with Crippen molar-refractivity contribution in [2.24, 2.45) is 17.8 Å². The lowest BCUT2D eigenvalue weighted by Gasteiger charge is -2.38. The van der Waals surface area contributed by atoms with Crippen molar-refractivity contribution in [3.05, 3.63) is 0 Å². The molecule has 0 aliphatic heterocycles. The Labute approximate surface area is 120 Å². The van der Waals surface area contributed by atoms with Crippen molar-refractivity contribution in [1.29, 1.82) is 0 Å². The SMILES string of the molecule is CNC1CCC(C(C)C)CC1CCCOCC(F)(F)F. The fourth-order valence-electron chi connectivity index (χ4n) is 3.24. The second kappa shape index (κ2) is 8.23. The molecular weight excluding hydrogens is 267 g/mol. The van der Waals surface area contributed by atoms with Gasteiger partial charge in [0.1, 0.15) is 6.61 Å². The van der Waals surface area contributed by atoms with Gasteiger partial charge >= 0.3 is 6.18 Å². The lowest BCUT2D eigenvalue weighted by molar-refractivity contribution is -0.174. The molecule has 2 nitrogen and oxygen atoms in total. The van der Waals surface area contributed by atoms with Crippen molar-refractivity contribution < 1.29 is 17.9 Å². The van der Waals surface area contributed by atoms with Crippen LogP contribution in [0.5, 0.6) is 0 Å². The van der Waals surface area contributed by atoms with Crippen LogP contribution in [0.3, 0.4) is 0 Å². The molecule has 1 aliphatic rings. The van der Waals surface area contributed by atoms with E-state index in [1.165, 1.54) is 19.3 Å². The van der Waals surface area contributed by atoms with E-state index >= 15 is 0 Å². The van der Waals surface area contributed by atoms with Crippen molar-refractivity contribution >= 4 is 0 Å². The van der Waals surface area contributed by atoms with Gasteiger partial charge in [0.25, 0.3) is 0 Å². The van der Waals surface area contributed by atoms with Crippen LogP contribution >= 0.6 is 0 Å². The monoisotopic (exact) mass is 295 g/mol. The van der Waals surface area contributed by atoms with Crippen LogP contribution in [0.4, 0.5) is 13.2 Å². The average Bonchev–Trinajstić information content (AvgIpc) is 2.36. The first-order valence-corrected chi connectivity index (χ1v) is 7.65. The zero-order chi connectivity index (χ0) is 15.2. The molecule has 1 saturated carbocycles. The van der Waals surface area contributed by atoms with E-state index in [9.17, 15) is 13.2 Å². The maximum atomic E-state index is 12.0. The molecule has 0 amide bonds. The highest BCUT2D eigenvalue weighted by Gasteiger charge is 2.31. The van der Waals surface area contributed by atoms with Gasteiger partial charge in [-0.2, -0.15) is 13.2 Å². The summed E-state index contributed by atoms with van der Waals surface area (Å²) in [7, 11) is 1.98. The Bertz CT molecular complexity index is 268. The minimum atomic E-state index is -4.21. The highest BCUT2D eigenvalue weighted by molar-refractivity contribution is 4.85. The highest BCUT2D eigenvalue weighted by Crippen LogP contribution is 2.36. The predicted octanol–water partition coefficient (Wildman–Crippen LogP) is 4.01. The van der Waals surface area contributed by atoms with Gasteiger partial charge in [-0.1, -0.05) is 13.8 Å². The summed E-state index contributed by atoms with van der Waals surface area (Å²) in [5.74, 6) is 2.01. The molecule has 0 aromatic carbocycles. The molecule has 0 spiro atoms. The minimum Gasteiger partial charge on any atom is -0.372 e. The van der Waals surface area contributed by atoms with E-state index in [2.05, 4.69) is 23.9 Å².